The Labute approximate surface area is 221 Å². The van der Waals surface area contributed by atoms with Crippen LogP contribution in [0.5, 0.6) is 0 Å². The molecule has 0 aromatic heterocycles. The number of amides is 2. The first kappa shape index (κ1) is 41.0. The van der Waals surface area contributed by atoms with E-state index in [4.69, 9.17) is 0 Å². The summed E-state index contributed by atoms with van der Waals surface area (Å²) < 4.78 is 0.952. The van der Waals surface area contributed by atoms with Gasteiger partial charge in [0.15, 0.2) is 0 Å². The van der Waals surface area contributed by atoms with E-state index in [0.717, 1.165) is 56.3 Å². The van der Waals surface area contributed by atoms with Gasteiger partial charge in [-0.15, -0.1) is 0 Å². The number of nitrogens with one attached hydrogen (secondary N) is 2. The second-order valence-electron chi connectivity index (χ2n) is 13.4. The topological polar surface area (TPSA) is 61.4 Å². The van der Waals surface area contributed by atoms with Crippen molar-refractivity contribution in [2.24, 2.45) is 22.7 Å². The molecule has 0 rings (SSSR count). The third kappa shape index (κ3) is 30.8. The van der Waals surface area contributed by atoms with Crippen LogP contribution >= 0.6 is 0 Å². The van der Waals surface area contributed by atoms with Crippen molar-refractivity contribution in [3.05, 3.63) is 0 Å². The van der Waals surface area contributed by atoms with Gasteiger partial charge in [0.1, 0.15) is 0 Å². The summed E-state index contributed by atoms with van der Waals surface area (Å²) in [6.07, 6.45) is 3.93. The highest BCUT2D eigenvalue weighted by atomic mass is 16.2. The molecule has 0 aromatic rings. The van der Waals surface area contributed by atoms with Crippen molar-refractivity contribution in [3.8, 4) is 0 Å². The Kier molecular flexibility index (Phi) is 22.3. The minimum absolute atomic E-state index is 0. The van der Waals surface area contributed by atoms with Crippen LogP contribution in [0.3, 0.4) is 0 Å². The Morgan fingerprint density at radius 1 is 0.743 bits per heavy atom. The maximum atomic E-state index is 11.8. The Balaban J connectivity index is -0.000000260. The highest BCUT2D eigenvalue weighted by Gasteiger charge is 2.21. The van der Waals surface area contributed by atoms with E-state index < -0.39 is 0 Å². The quantitative estimate of drug-likeness (QED) is 0.266. The van der Waals surface area contributed by atoms with Gasteiger partial charge in [-0.25, -0.2) is 0 Å². The van der Waals surface area contributed by atoms with E-state index in [-0.39, 0.29) is 49.3 Å². The summed E-state index contributed by atoms with van der Waals surface area (Å²) in [5.74, 6) is 0.605. The molecular formula is C29H67N4O2+. The maximum absolute atomic E-state index is 11.8. The van der Waals surface area contributed by atoms with E-state index >= 15 is 0 Å². The summed E-state index contributed by atoms with van der Waals surface area (Å²) in [6.45, 7) is 20.7. The normalized spacial score (nSPS) is 13.4. The van der Waals surface area contributed by atoms with Gasteiger partial charge in [0.2, 0.25) is 11.8 Å². The SMILES string of the molecule is C.C.CC(CC(C)(C)C)C(=O)NCCCN(C)C.CC(CC(C)(C)C)C(=O)NCCC[N+](C)(C)C. The van der Waals surface area contributed by atoms with Crippen molar-refractivity contribution in [1.82, 2.24) is 15.5 Å². The van der Waals surface area contributed by atoms with Gasteiger partial charge in [-0.05, 0) is 50.7 Å². The third-order valence-electron chi connectivity index (χ3n) is 5.12. The molecule has 0 aromatic carbocycles. The van der Waals surface area contributed by atoms with Crippen LogP contribution < -0.4 is 10.6 Å². The fourth-order valence-electron chi connectivity index (χ4n) is 3.74. The molecule has 0 saturated carbocycles. The van der Waals surface area contributed by atoms with Crippen molar-refractivity contribution in [2.45, 2.75) is 95.9 Å². The van der Waals surface area contributed by atoms with Crippen LogP contribution in [0.15, 0.2) is 0 Å². The van der Waals surface area contributed by atoms with Crippen LogP contribution in [-0.4, -0.2) is 82.6 Å². The Hall–Kier alpha value is -1.14. The lowest BCUT2D eigenvalue weighted by Gasteiger charge is -2.24. The van der Waals surface area contributed by atoms with Gasteiger partial charge in [0.05, 0.1) is 27.7 Å². The van der Waals surface area contributed by atoms with Gasteiger partial charge < -0.3 is 20.0 Å². The first-order valence-corrected chi connectivity index (χ1v) is 12.7. The lowest BCUT2D eigenvalue weighted by molar-refractivity contribution is -0.870. The first-order valence-electron chi connectivity index (χ1n) is 12.7. The predicted octanol–water partition coefficient (Wildman–Crippen LogP) is 5.67. The highest BCUT2D eigenvalue weighted by Crippen LogP contribution is 2.24. The van der Waals surface area contributed by atoms with Crippen LogP contribution in [0.4, 0.5) is 0 Å². The van der Waals surface area contributed by atoms with Crippen molar-refractivity contribution in [2.75, 3.05) is 61.4 Å². The van der Waals surface area contributed by atoms with Gasteiger partial charge in [-0.1, -0.05) is 70.2 Å². The molecule has 2 atom stereocenters. The molecule has 214 valence electrons. The number of rotatable bonds is 12. The number of quaternary nitrogens is 1. The second-order valence-corrected chi connectivity index (χ2v) is 13.4. The van der Waals surface area contributed by atoms with Crippen molar-refractivity contribution in [3.63, 3.8) is 0 Å². The Morgan fingerprint density at radius 2 is 1.09 bits per heavy atom. The van der Waals surface area contributed by atoms with Crippen molar-refractivity contribution in [1.29, 1.82) is 0 Å². The summed E-state index contributed by atoms with van der Waals surface area (Å²) in [7, 11) is 10.6. The first-order chi connectivity index (χ1) is 14.7. The smallest absolute Gasteiger partial charge is 0.222 e. The van der Waals surface area contributed by atoms with E-state index in [2.05, 4.69) is 78.2 Å². The van der Waals surface area contributed by atoms with E-state index in [9.17, 15) is 9.59 Å². The van der Waals surface area contributed by atoms with Crippen LogP contribution in [0.25, 0.3) is 0 Å². The molecule has 0 spiro atoms. The zero-order chi connectivity index (χ0) is 26.5. The fraction of sp³-hybridized carbons (Fsp3) is 0.931. The van der Waals surface area contributed by atoms with Gasteiger partial charge in [-0.3, -0.25) is 9.59 Å². The van der Waals surface area contributed by atoms with Gasteiger partial charge in [-0.2, -0.15) is 0 Å². The fourth-order valence-corrected chi connectivity index (χ4v) is 3.74. The molecule has 2 N–H and O–H groups in total. The Bertz CT molecular complexity index is 540. The number of carbonyl (C=O) groups is 2. The molecule has 0 saturated heterocycles. The minimum atomic E-state index is 0. The number of hydrogen-bond acceptors (Lipinski definition) is 3. The molecule has 0 bridgehead atoms. The average Bonchev–Trinajstić information content (AvgIpc) is 2.58. The summed E-state index contributed by atoms with van der Waals surface area (Å²) in [6, 6.07) is 0. The number of hydrogen-bond donors (Lipinski definition) is 2. The molecular weight excluding hydrogens is 436 g/mol. The van der Waals surface area contributed by atoms with Crippen molar-refractivity contribution < 1.29 is 14.1 Å². The molecule has 2 unspecified atom stereocenters. The van der Waals surface area contributed by atoms with E-state index in [1.165, 1.54) is 0 Å². The zero-order valence-corrected chi connectivity index (χ0v) is 24.5. The second kappa shape index (κ2) is 19.0. The van der Waals surface area contributed by atoms with Crippen molar-refractivity contribution >= 4 is 11.8 Å². The lowest BCUT2D eigenvalue weighted by atomic mass is 9.85. The summed E-state index contributed by atoms with van der Waals surface area (Å²) in [4.78, 5) is 25.7. The van der Waals surface area contributed by atoms with Crippen LogP contribution in [-0.2, 0) is 9.59 Å². The van der Waals surface area contributed by atoms with E-state index in [1.54, 1.807) is 0 Å². The molecule has 0 radical (unpaired) electrons. The highest BCUT2D eigenvalue weighted by molar-refractivity contribution is 5.78. The lowest BCUT2D eigenvalue weighted by Crippen LogP contribution is -2.38. The molecule has 0 heterocycles. The maximum Gasteiger partial charge on any atom is 0.222 e. The molecule has 0 aliphatic carbocycles. The summed E-state index contributed by atoms with van der Waals surface area (Å²) in [5.41, 5.74) is 0.444. The monoisotopic (exact) mass is 504 g/mol. The number of carbonyl (C=O) groups excluding carboxylic acids is 2. The third-order valence-corrected chi connectivity index (χ3v) is 5.12. The molecule has 6 heteroatoms. The van der Waals surface area contributed by atoms with Crippen LogP contribution in [0, 0.1) is 22.7 Å². The molecule has 35 heavy (non-hydrogen) atoms. The summed E-state index contributed by atoms with van der Waals surface area (Å²) >= 11 is 0. The van der Waals surface area contributed by atoms with Gasteiger partial charge in [0.25, 0.3) is 0 Å². The number of nitrogens with zero attached hydrogens (tertiary/aromatic N) is 2. The van der Waals surface area contributed by atoms with Crippen LogP contribution in [0.2, 0.25) is 0 Å². The molecule has 2 amide bonds. The standard InChI is InChI=1S/C14H30N2O.C13H28N2O.2CH4/c1-12(11-14(2,3)4)13(17)15-9-8-10-16(5,6)7;1-11(10-13(2,3)4)12(16)14-8-7-9-15(5)6;;/h12H,8-11H2,1-7H3;11H,7-10H2,1-6H3,(H,14,16);2*1H4/p+1. The average molecular weight is 504 g/mol. The molecule has 0 aliphatic heterocycles. The molecule has 6 nitrogen and oxygen atoms in total. The van der Waals surface area contributed by atoms with E-state index in [1.807, 2.05) is 27.9 Å². The molecule has 0 fully saturated rings. The van der Waals surface area contributed by atoms with E-state index in [0.29, 0.717) is 0 Å². The minimum Gasteiger partial charge on any atom is -0.356 e. The van der Waals surface area contributed by atoms with Crippen LogP contribution in [0.1, 0.15) is 95.9 Å². The zero-order valence-electron chi connectivity index (χ0n) is 24.5. The summed E-state index contributed by atoms with van der Waals surface area (Å²) in [5, 5.41) is 6.02. The molecule has 0 aliphatic rings. The van der Waals surface area contributed by atoms with Gasteiger partial charge in [0, 0.05) is 31.3 Å². The van der Waals surface area contributed by atoms with Gasteiger partial charge >= 0.3 is 0 Å². The predicted molar refractivity (Wildman–Crippen MR) is 157 cm³/mol. The largest absolute Gasteiger partial charge is 0.356 e. The Morgan fingerprint density at radius 3 is 1.37 bits per heavy atom.